The van der Waals surface area contributed by atoms with E-state index in [-0.39, 0.29) is 12.2 Å². The molecule has 0 N–H and O–H groups in total. The van der Waals surface area contributed by atoms with Crippen molar-refractivity contribution in [3.63, 3.8) is 0 Å². The van der Waals surface area contributed by atoms with Gasteiger partial charge in [-0.1, -0.05) is 11.6 Å². The van der Waals surface area contributed by atoms with Crippen LogP contribution in [0, 0.1) is 6.92 Å². The summed E-state index contributed by atoms with van der Waals surface area (Å²) in [6, 6.07) is 0. The lowest BCUT2D eigenvalue weighted by Crippen LogP contribution is -2.28. The number of amides is 1. The summed E-state index contributed by atoms with van der Waals surface area (Å²) in [7, 11) is 2.74. The minimum absolute atomic E-state index is 0.202. The van der Waals surface area contributed by atoms with E-state index in [1.807, 2.05) is 6.92 Å². The van der Waals surface area contributed by atoms with Crippen LogP contribution >= 0.6 is 11.6 Å². The zero-order chi connectivity index (χ0) is 18.2. The Hall–Kier alpha value is -2.03. The highest BCUT2D eigenvalue weighted by Gasteiger charge is 2.40. The zero-order valence-electron chi connectivity index (χ0n) is 13.6. The molecule has 0 radical (unpaired) electrons. The number of carbonyl (C=O) groups excluding carboxylic acids is 1. The average molecular weight is 364 g/mol. The second-order valence-electron chi connectivity index (χ2n) is 5.39. The maximum absolute atomic E-state index is 12.9. The molecule has 0 saturated carbocycles. The Bertz CT molecular complexity index is 765. The molecule has 2 aromatic heterocycles. The Kier molecular flexibility index (Phi) is 4.93. The number of hydrogen-bond donors (Lipinski definition) is 0. The van der Waals surface area contributed by atoms with E-state index in [9.17, 15) is 18.0 Å². The fraction of sp³-hybridized carbons (Fsp3) is 0.500. The highest BCUT2D eigenvalue weighted by molar-refractivity contribution is 6.34. The van der Waals surface area contributed by atoms with Crippen molar-refractivity contribution in [1.82, 2.24) is 24.5 Å². The molecule has 24 heavy (non-hydrogen) atoms. The minimum atomic E-state index is -4.72. The number of nitrogens with zero attached hydrogens (tertiary/aromatic N) is 5. The van der Waals surface area contributed by atoms with Crippen molar-refractivity contribution in [2.24, 2.45) is 7.05 Å². The van der Waals surface area contributed by atoms with Crippen LogP contribution in [0.25, 0.3) is 0 Å². The standard InChI is InChI=1S/C14H17ClF3N5O/c1-5-23-7-9(8(2)19-23)6-21(3)13(24)11-10(15)12(14(16,17)18)20-22(11)4/h7H,5-6H2,1-4H3. The van der Waals surface area contributed by atoms with Gasteiger partial charge in [0, 0.05) is 38.9 Å². The van der Waals surface area contributed by atoms with Crippen LogP contribution in [-0.4, -0.2) is 37.4 Å². The summed E-state index contributed by atoms with van der Waals surface area (Å²) >= 11 is 5.75. The summed E-state index contributed by atoms with van der Waals surface area (Å²) in [5.41, 5.74) is -0.00366. The predicted molar refractivity (Wildman–Crippen MR) is 81.7 cm³/mol. The van der Waals surface area contributed by atoms with Crippen LogP contribution in [0.1, 0.15) is 34.4 Å². The van der Waals surface area contributed by atoms with Crippen LogP contribution in [0.15, 0.2) is 6.20 Å². The lowest BCUT2D eigenvalue weighted by molar-refractivity contribution is -0.141. The summed E-state index contributed by atoms with van der Waals surface area (Å²) in [6.07, 6.45) is -2.92. The molecule has 0 bridgehead atoms. The number of aromatic nitrogens is 4. The molecule has 0 fully saturated rings. The van der Waals surface area contributed by atoms with Crippen molar-refractivity contribution < 1.29 is 18.0 Å². The molecule has 1 amide bonds. The van der Waals surface area contributed by atoms with Crippen LogP contribution in [0.5, 0.6) is 0 Å². The van der Waals surface area contributed by atoms with Crippen molar-refractivity contribution in [2.45, 2.75) is 33.1 Å². The summed E-state index contributed by atoms with van der Waals surface area (Å²) in [4.78, 5) is 13.8. The van der Waals surface area contributed by atoms with Crippen molar-refractivity contribution in [3.8, 4) is 0 Å². The second kappa shape index (κ2) is 6.46. The maximum Gasteiger partial charge on any atom is 0.436 e. The smallest absolute Gasteiger partial charge is 0.336 e. The monoisotopic (exact) mass is 363 g/mol. The molecule has 0 aromatic carbocycles. The van der Waals surface area contributed by atoms with Gasteiger partial charge in [0.15, 0.2) is 5.69 Å². The third-order valence-electron chi connectivity index (χ3n) is 3.59. The third-order valence-corrected chi connectivity index (χ3v) is 3.94. The van der Waals surface area contributed by atoms with Crippen LogP contribution in [0.2, 0.25) is 5.02 Å². The largest absolute Gasteiger partial charge is 0.436 e. The number of rotatable bonds is 4. The molecular formula is C14H17ClF3N5O. The molecule has 0 unspecified atom stereocenters. The van der Waals surface area contributed by atoms with Gasteiger partial charge in [0.1, 0.15) is 10.7 Å². The van der Waals surface area contributed by atoms with Gasteiger partial charge in [0.25, 0.3) is 5.91 Å². The first-order chi connectivity index (χ1) is 11.1. The molecule has 0 aliphatic carbocycles. The van der Waals surface area contributed by atoms with Crippen molar-refractivity contribution in [3.05, 3.63) is 33.9 Å². The molecule has 0 aliphatic rings. The normalized spacial score (nSPS) is 11.8. The van der Waals surface area contributed by atoms with Gasteiger partial charge in [-0.05, 0) is 13.8 Å². The Morgan fingerprint density at radius 1 is 1.38 bits per heavy atom. The van der Waals surface area contributed by atoms with Crippen LogP contribution in [0.4, 0.5) is 13.2 Å². The quantitative estimate of drug-likeness (QED) is 0.839. The van der Waals surface area contributed by atoms with Gasteiger partial charge in [0.2, 0.25) is 0 Å². The maximum atomic E-state index is 12.9. The summed E-state index contributed by atoms with van der Waals surface area (Å²) in [5.74, 6) is -0.644. The Morgan fingerprint density at radius 2 is 2.00 bits per heavy atom. The molecule has 10 heteroatoms. The lowest BCUT2D eigenvalue weighted by atomic mass is 10.2. The number of hydrogen-bond acceptors (Lipinski definition) is 3. The molecule has 0 spiro atoms. The van der Waals surface area contributed by atoms with E-state index in [1.54, 1.807) is 17.8 Å². The van der Waals surface area contributed by atoms with E-state index in [0.717, 1.165) is 15.9 Å². The first-order valence-corrected chi connectivity index (χ1v) is 7.52. The van der Waals surface area contributed by atoms with Crippen LogP contribution in [0.3, 0.4) is 0 Å². The van der Waals surface area contributed by atoms with E-state index >= 15 is 0 Å². The summed E-state index contributed by atoms with van der Waals surface area (Å²) < 4.78 is 41.1. The van der Waals surface area contributed by atoms with Crippen LogP contribution < -0.4 is 0 Å². The van der Waals surface area contributed by atoms with Gasteiger partial charge in [0.05, 0.1) is 5.69 Å². The minimum Gasteiger partial charge on any atom is -0.336 e. The van der Waals surface area contributed by atoms with Crippen molar-refractivity contribution >= 4 is 17.5 Å². The van der Waals surface area contributed by atoms with E-state index in [4.69, 9.17) is 11.6 Å². The van der Waals surface area contributed by atoms with Gasteiger partial charge in [-0.3, -0.25) is 14.2 Å². The van der Waals surface area contributed by atoms with E-state index in [2.05, 4.69) is 10.2 Å². The zero-order valence-corrected chi connectivity index (χ0v) is 14.4. The Labute approximate surface area is 141 Å². The van der Waals surface area contributed by atoms with Gasteiger partial charge < -0.3 is 4.90 Å². The Morgan fingerprint density at radius 3 is 2.46 bits per heavy atom. The fourth-order valence-electron chi connectivity index (χ4n) is 2.30. The van der Waals surface area contributed by atoms with Crippen LogP contribution in [-0.2, 0) is 26.3 Å². The molecule has 6 nitrogen and oxygen atoms in total. The molecule has 2 rings (SSSR count). The third kappa shape index (κ3) is 3.40. The molecule has 2 aromatic rings. The summed E-state index contributed by atoms with van der Waals surface area (Å²) in [5, 5.41) is 6.90. The molecular weight excluding hydrogens is 347 g/mol. The van der Waals surface area contributed by atoms with Gasteiger partial charge >= 0.3 is 6.18 Å². The molecule has 0 atom stereocenters. The molecule has 0 saturated heterocycles. The van der Waals surface area contributed by atoms with E-state index in [0.29, 0.717) is 6.54 Å². The van der Waals surface area contributed by atoms with E-state index in [1.165, 1.54) is 19.0 Å². The van der Waals surface area contributed by atoms with E-state index < -0.39 is 22.8 Å². The van der Waals surface area contributed by atoms with Crippen molar-refractivity contribution in [1.29, 1.82) is 0 Å². The number of alkyl halides is 3. The number of halogens is 4. The Balaban J connectivity index is 2.28. The molecule has 132 valence electrons. The number of aryl methyl sites for hydroxylation is 3. The fourth-order valence-corrected chi connectivity index (χ4v) is 2.64. The highest BCUT2D eigenvalue weighted by Crippen LogP contribution is 2.35. The highest BCUT2D eigenvalue weighted by atomic mass is 35.5. The SMILES string of the molecule is CCn1cc(CN(C)C(=O)c2c(Cl)c(C(F)(F)F)nn2C)c(C)n1. The second-order valence-corrected chi connectivity index (χ2v) is 5.77. The lowest BCUT2D eigenvalue weighted by Gasteiger charge is -2.17. The topological polar surface area (TPSA) is 56.0 Å². The average Bonchev–Trinajstić information content (AvgIpc) is 2.98. The van der Waals surface area contributed by atoms with Crippen molar-refractivity contribution in [2.75, 3.05) is 7.05 Å². The molecule has 0 aliphatic heterocycles. The van der Waals surface area contributed by atoms with Gasteiger partial charge in [-0.25, -0.2) is 0 Å². The first-order valence-electron chi connectivity index (χ1n) is 7.14. The number of carbonyl (C=O) groups is 1. The predicted octanol–water partition coefficient (Wildman–Crippen LogP) is 2.89. The molecule has 2 heterocycles. The first kappa shape index (κ1) is 18.3. The summed E-state index contributed by atoms with van der Waals surface area (Å²) in [6.45, 7) is 4.62. The van der Waals surface area contributed by atoms with Gasteiger partial charge in [-0.15, -0.1) is 0 Å². The van der Waals surface area contributed by atoms with Gasteiger partial charge in [-0.2, -0.15) is 23.4 Å².